The third-order valence-electron chi connectivity index (χ3n) is 3.88. The van der Waals surface area contributed by atoms with E-state index in [1.807, 2.05) is 19.9 Å². The second-order valence-electron chi connectivity index (χ2n) is 6.20. The highest BCUT2D eigenvalue weighted by atomic mass is 16.7. The van der Waals surface area contributed by atoms with Crippen LogP contribution < -0.4 is 14.8 Å². The Kier molecular flexibility index (Phi) is 5.11. The van der Waals surface area contributed by atoms with Gasteiger partial charge in [0.15, 0.2) is 23.9 Å². The zero-order valence-electron chi connectivity index (χ0n) is 14.8. The molecule has 1 aromatic heterocycles. The molecule has 0 saturated carbocycles. The molecule has 0 saturated heterocycles. The number of esters is 1. The van der Waals surface area contributed by atoms with Crippen LogP contribution in [0, 0.1) is 6.92 Å². The van der Waals surface area contributed by atoms with Gasteiger partial charge in [0.2, 0.25) is 6.79 Å². The molecule has 1 amide bonds. The van der Waals surface area contributed by atoms with Crippen LogP contribution in [-0.2, 0) is 16.1 Å². The molecule has 2 heterocycles. The molecule has 1 aliphatic rings. The molecule has 8 nitrogen and oxygen atoms in total. The first-order valence-corrected chi connectivity index (χ1v) is 8.24. The van der Waals surface area contributed by atoms with E-state index in [4.69, 9.17) is 18.7 Å². The highest BCUT2D eigenvalue weighted by Crippen LogP contribution is 2.32. The minimum Gasteiger partial charge on any atom is -0.454 e. The van der Waals surface area contributed by atoms with Crippen LogP contribution in [0.5, 0.6) is 11.5 Å². The molecule has 2 aromatic rings. The van der Waals surface area contributed by atoms with E-state index in [0.717, 1.165) is 5.56 Å². The highest BCUT2D eigenvalue weighted by molar-refractivity contribution is 5.93. The smallest absolute Gasteiger partial charge is 0.344 e. The van der Waals surface area contributed by atoms with Crippen LogP contribution >= 0.6 is 0 Å². The van der Waals surface area contributed by atoms with Gasteiger partial charge in [0.05, 0.1) is 5.69 Å². The maximum atomic E-state index is 12.2. The van der Waals surface area contributed by atoms with Crippen molar-refractivity contribution in [1.82, 2.24) is 10.5 Å². The molecule has 3 rings (SSSR count). The van der Waals surface area contributed by atoms with Crippen molar-refractivity contribution in [2.45, 2.75) is 33.2 Å². The predicted molar refractivity (Wildman–Crippen MR) is 90.0 cm³/mol. The van der Waals surface area contributed by atoms with Gasteiger partial charge < -0.3 is 24.1 Å². The number of nitrogens with zero attached hydrogens (tertiary/aromatic N) is 1. The average molecular weight is 360 g/mol. The quantitative estimate of drug-likeness (QED) is 0.789. The Labute approximate surface area is 150 Å². The molecule has 138 valence electrons. The summed E-state index contributed by atoms with van der Waals surface area (Å²) in [6.07, 6.45) is 0. The fourth-order valence-electron chi connectivity index (χ4n) is 2.54. The van der Waals surface area contributed by atoms with Gasteiger partial charge in [-0.3, -0.25) is 4.79 Å². The van der Waals surface area contributed by atoms with E-state index in [2.05, 4.69) is 10.5 Å². The van der Waals surface area contributed by atoms with Gasteiger partial charge in [0.1, 0.15) is 5.56 Å². The summed E-state index contributed by atoms with van der Waals surface area (Å²) >= 11 is 0. The van der Waals surface area contributed by atoms with E-state index in [1.165, 1.54) is 0 Å². The first kappa shape index (κ1) is 17.8. The van der Waals surface area contributed by atoms with Crippen molar-refractivity contribution in [3.05, 3.63) is 40.8 Å². The Morgan fingerprint density at radius 2 is 2.04 bits per heavy atom. The number of nitrogens with one attached hydrogen (secondary N) is 1. The largest absolute Gasteiger partial charge is 0.454 e. The molecule has 0 bridgehead atoms. The van der Waals surface area contributed by atoms with Gasteiger partial charge in [0, 0.05) is 12.5 Å². The monoisotopic (exact) mass is 360 g/mol. The molecule has 0 unspecified atom stereocenters. The summed E-state index contributed by atoms with van der Waals surface area (Å²) in [4.78, 5) is 24.2. The van der Waals surface area contributed by atoms with E-state index in [0.29, 0.717) is 23.0 Å². The van der Waals surface area contributed by atoms with Crippen LogP contribution in [0.1, 0.15) is 47.1 Å². The normalized spacial score (nSPS) is 12.3. The van der Waals surface area contributed by atoms with Crippen LogP contribution in [0.2, 0.25) is 0 Å². The summed E-state index contributed by atoms with van der Waals surface area (Å²) in [5.74, 6) is 0.736. The molecule has 0 aliphatic carbocycles. The topological polar surface area (TPSA) is 99.9 Å². The zero-order chi connectivity index (χ0) is 18.7. The van der Waals surface area contributed by atoms with Gasteiger partial charge in [0.25, 0.3) is 5.91 Å². The molecule has 0 radical (unpaired) electrons. The molecule has 0 atom stereocenters. The number of ether oxygens (including phenoxy) is 3. The van der Waals surface area contributed by atoms with Crippen molar-refractivity contribution < 1.29 is 28.3 Å². The average Bonchev–Trinajstić information content (AvgIpc) is 3.23. The maximum absolute atomic E-state index is 12.2. The maximum Gasteiger partial charge on any atom is 0.344 e. The zero-order valence-corrected chi connectivity index (χ0v) is 14.8. The lowest BCUT2D eigenvalue weighted by molar-refractivity contribution is -0.124. The number of aromatic nitrogens is 1. The number of amides is 1. The summed E-state index contributed by atoms with van der Waals surface area (Å²) < 4.78 is 20.8. The second-order valence-corrected chi connectivity index (χ2v) is 6.20. The molecule has 26 heavy (non-hydrogen) atoms. The second kappa shape index (κ2) is 7.47. The number of aryl methyl sites for hydroxylation is 1. The number of rotatable bonds is 6. The summed E-state index contributed by atoms with van der Waals surface area (Å²) in [7, 11) is 0. The lowest BCUT2D eigenvalue weighted by Crippen LogP contribution is -2.28. The molecular formula is C18H20N2O6. The standard InChI is InChI=1S/C18H20N2O6/c1-10(2)17-16(11(3)20-26-17)18(22)23-8-15(21)19-7-12-4-5-13-14(6-12)25-9-24-13/h4-6,10H,7-9H2,1-3H3,(H,19,21). The lowest BCUT2D eigenvalue weighted by atomic mass is 10.1. The van der Waals surface area contributed by atoms with Gasteiger partial charge in [-0.25, -0.2) is 4.79 Å². The summed E-state index contributed by atoms with van der Waals surface area (Å²) in [5.41, 5.74) is 1.58. The van der Waals surface area contributed by atoms with Crippen molar-refractivity contribution >= 4 is 11.9 Å². The highest BCUT2D eigenvalue weighted by Gasteiger charge is 2.24. The van der Waals surface area contributed by atoms with Crippen molar-refractivity contribution in [2.24, 2.45) is 0 Å². The first-order chi connectivity index (χ1) is 12.5. The number of carbonyl (C=O) groups is 2. The van der Waals surface area contributed by atoms with Crippen LogP contribution in [0.15, 0.2) is 22.7 Å². The summed E-state index contributed by atoms with van der Waals surface area (Å²) in [6, 6.07) is 5.41. The van der Waals surface area contributed by atoms with Crippen LogP contribution in [0.25, 0.3) is 0 Å². The van der Waals surface area contributed by atoms with Crippen LogP contribution in [-0.4, -0.2) is 30.4 Å². The van der Waals surface area contributed by atoms with Gasteiger partial charge in [-0.15, -0.1) is 0 Å². The third kappa shape index (κ3) is 3.79. The molecule has 1 N–H and O–H groups in total. The summed E-state index contributed by atoms with van der Waals surface area (Å²) in [5, 5.41) is 6.48. The Balaban J connectivity index is 1.51. The van der Waals surface area contributed by atoms with Crippen molar-refractivity contribution in [3.63, 3.8) is 0 Å². The van der Waals surface area contributed by atoms with E-state index >= 15 is 0 Å². The van der Waals surface area contributed by atoms with Crippen molar-refractivity contribution in [3.8, 4) is 11.5 Å². The number of benzene rings is 1. The Bertz CT molecular complexity index is 827. The Hall–Kier alpha value is -3.03. The van der Waals surface area contributed by atoms with Gasteiger partial charge in [-0.2, -0.15) is 0 Å². The van der Waals surface area contributed by atoms with E-state index < -0.39 is 11.9 Å². The number of fused-ring (bicyclic) bond motifs is 1. The van der Waals surface area contributed by atoms with Crippen LogP contribution in [0.3, 0.4) is 0 Å². The van der Waals surface area contributed by atoms with Crippen molar-refractivity contribution in [2.75, 3.05) is 13.4 Å². The number of hydrogen-bond acceptors (Lipinski definition) is 7. The SMILES string of the molecule is Cc1noc(C(C)C)c1C(=O)OCC(=O)NCc1ccc2c(c1)OCO2. The van der Waals surface area contributed by atoms with E-state index in [-0.39, 0.29) is 31.4 Å². The van der Waals surface area contributed by atoms with E-state index in [9.17, 15) is 9.59 Å². The molecule has 0 spiro atoms. The first-order valence-electron chi connectivity index (χ1n) is 8.24. The molecule has 0 fully saturated rings. The number of hydrogen-bond donors (Lipinski definition) is 1. The summed E-state index contributed by atoms with van der Waals surface area (Å²) in [6.45, 7) is 5.53. The van der Waals surface area contributed by atoms with Crippen molar-refractivity contribution in [1.29, 1.82) is 0 Å². The van der Waals surface area contributed by atoms with E-state index in [1.54, 1.807) is 19.1 Å². The minimum absolute atomic E-state index is 0.0152. The Morgan fingerprint density at radius 1 is 1.27 bits per heavy atom. The van der Waals surface area contributed by atoms with Crippen LogP contribution in [0.4, 0.5) is 0 Å². The Morgan fingerprint density at radius 3 is 2.81 bits per heavy atom. The minimum atomic E-state index is -0.620. The molecule has 1 aliphatic heterocycles. The lowest BCUT2D eigenvalue weighted by Gasteiger charge is -2.08. The molecular weight excluding hydrogens is 340 g/mol. The predicted octanol–water partition coefficient (Wildman–Crippen LogP) is 2.31. The third-order valence-corrected chi connectivity index (χ3v) is 3.88. The van der Waals surface area contributed by atoms with Gasteiger partial charge in [-0.1, -0.05) is 25.1 Å². The van der Waals surface area contributed by atoms with Gasteiger partial charge in [-0.05, 0) is 24.6 Å². The molecule has 1 aromatic carbocycles. The molecule has 8 heteroatoms. The fourth-order valence-corrected chi connectivity index (χ4v) is 2.54. The number of carbonyl (C=O) groups excluding carboxylic acids is 2. The van der Waals surface area contributed by atoms with Gasteiger partial charge >= 0.3 is 5.97 Å². The fraction of sp³-hybridized carbons (Fsp3) is 0.389.